The minimum Gasteiger partial charge on any atom is -0.396 e. The number of benzene rings is 1. The van der Waals surface area contributed by atoms with Crippen molar-refractivity contribution in [1.29, 1.82) is 0 Å². The van der Waals surface area contributed by atoms with Gasteiger partial charge in [-0.3, -0.25) is 0 Å². The SMILES string of the molecule is O=S(=O)(c1cccc(Br)c1)N1CCC(CCO)C1. The highest BCUT2D eigenvalue weighted by Crippen LogP contribution is 2.27. The Labute approximate surface area is 116 Å². The standard InChI is InChI=1S/C12H16BrNO3S/c13-11-2-1-3-12(8-11)18(16,17)14-6-4-10(9-14)5-7-15/h1-3,8,10,15H,4-7,9H2. The van der Waals surface area contributed by atoms with E-state index in [1.165, 1.54) is 4.31 Å². The van der Waals surface area contributed by atoms with E-state index in [0.29, 0.717) is 24.4 Å². The molecule has 1 saturated heterocycles. The molecule has 1 aliphatic heterocycles. The molecule has 0 aliphatic carbocycles. The summed E-state index contributed by atoms with van der Waals surface area (Å²) in [7, 11) is -3.39. The van der Waals surface area contributed by atoms with Crippen LogP contribution in [0.4, 0.5) is 0 Å². The van der Waals surface area contributed by atoms with Gasteiger partial charge in [-0.25, -0.2) is 8.42 Å². The molecule has 1 N–H and O–H groups in total. The average molecular weight is 334 g/mol. The maximum atomic E-state index is 12.4. The molecule has 6 heteroatoms. The number of aliphatic hydroxyl groups is 1. The highest BCUT2D eigenvalue weighted by molar-refractivity contribution is 9.10. The van der Waals surface area contributed by atoms with E-state index in [9.17, 15) is 8.42 Å². The van der Waals surface area contributed by atoms with Crippen molar-refractivity contribution in [2.75, 3.05) is 19.7 Å². The Hall–Kier alpha value is -0.430. The van der Waals surface area contributed by atoms with Crippen molar-refractivity contribution in [3.63, 3.8) is 0 Å². The van der Waals surface area contributed by atoms with Gasteiger partial charge >= 0.3 is 0 Å². The number of aliphatic hydroxyl groups excluding tert-OH is 1. The third-order valence-corrected chi connectivity index (χ3v) is 5.57. The van der Waals surface area contributed by atoms with Crippen molar-refractivity contribution in [2.24, 2.45) is 5.92 Å². The van der Waals surface area contributed by atoms with E-state index in [1.54, 1.807) is 24.3 Å². The van der Waals surface area contributed by atoms with Crippen molar-refractivity contribution >= 4 is 26.0 Å². The summed E-state index contributed by atoms with van der Waals surface area (Å²) in [5, 5.41) is 8.89. The molecule has 0 spiro atoms. The lowest BCUT2D eigenvalue weighted by Gasteiger charge is -2.16. The van der Waals surface area contributed by atoms with Crippen LogP contribution in [0.2, 0.25) is 0 Å². The Kier molecular flexibility index (Phi) is 4.42. The Bertz CT molecular complexity index is 518. The summed E-state index contributed by atoms with van der Waals surface area (Å²) in [4.78, 5) is 0.321. The number of hydrogen-bond acceptors (Lipinski definition) is 3. The zero-order valence-corrected chi connectivity index (χ0v) is 12.3. The van der Waals surface area contributed by atoms with Crippen LogP contribution in [0.3, 0.4) is 0 Å². The van der Waals surface area contributed by atoms with Gasteiger partial charge in [0.15, 0.2) is 0 Å². The Morgan fingerprint density at radius 2 is 2.22 bits per heavy atom. The van der Waals surface area contributed by atoms with Crippen LogP contribution in [-0.2, 0) is 10.0 Å². The zero-order chi connectivity index (χ0) is 13.2. The summed E-state index contributed by atoms with van der Waals surface area (Å²) in [6.45, 7) is 1.17. The molecule has 1 atom stereocenters. The van der Waals surface area contributed by atoms with Crippen molar-refractivity contribution in [1.82, 2.24) is 4.31 Å². The summed E-state index contributed by atoms with van der Waals surface area (Å²) in [5.74, 6) is 0.275. The maximum Gasteiger partial charge on any atom is 0.243 e. The van der Waals surface area contributed by atoms with Crippen LogP contribution in [0, 0.1) is 5.92 Å². The first-order valence-corrected chi connectivity index (χ1v) is 8.14. The second-order valence-electron chi connectivity index (χ2n) is 4.49. The third kappa shape index (κ3) is 2.93. The van der Waals surface area contributed by atoms with Crippen LogP contribution in [0.25, 0.3) is 0 Å². The number of sulfonamides is 1. The number of halogens is 1. The molecule has 2 rings (SSSR count). The van der Waals surface area contributed by atoms with Crippen LogP contribution in [-0.4, -0.2) is 37.5 Å². The fourth-order valence-electron chi connectivity index (χ4n) is 2.21. The summed E-state index contributed by atoms with van der Waals surface area (Å²) >= 11 is 3.28. The second-order valence-corrected chi connectivity index (χ2v) is 7.34. The molecule has 0 amide bonds. The smallest absolute Gasteiger partial charge is 0.243 e. The van der Waals surface area contributed by atoms with Gasteiger partial charge in [0, 0.05) is 24.2 Å². The van der Waals surface area contributed by atoms with Gasteiger partial charge in [-0.05, 0) is 37.0 Å². The molecule has 100 valence electrons. The van der Waals surface area contributed by atoms with E-state index in [2.05, 4.69) is 15.9 Å². The first-order chi connectivity index (χ1) is 8.54. The fourth-order valence-corrected chi connectivity index (χ4v) is 4.34. The van der Waals surface area contributed by atoms with Gasteiger partial charge in [0.25, 0.3) is 0 Å². The molecule has 1 aliphatic rings. The summed E-state index contributed by atoms with van der Waals surface area (Å²) in [6.07, 6.45) is 1.50. The van der Waals surface area contributed by atoms with Gasteiger partial charge in [-0.1, -0.05) is 22.0 Å². The molecule has 0 aromatic heterocycles. The molecule has 1 heterocycles. The first-order valence-electron chi connectivity index (χ1n) is 5.90. The van der Waals surface area contributed by atoms with Crippen molar-refractivity contribution in [2.45, 2.75) is 17.7 Å². The minimum absolute atomic E-state index is 0.120. The van der Waals surface area contributed by atoms with Crippen molar-refractivity contribution in [3.05, 3.63) is 28.7 Å². The molecule has 0 bridgehead atoms. The Morgan fingerprint density at radius 3 is 2.89 bits per heavy atom. The van der Waals surface area contributed by atoms with Gasteiger partial charge in [-0.15, -0.1) is 0 Å². The molecule has 1 unspecified atom stereocenters. The first kappa shape index (κ1) is 14.0. The van der Waals surface area contributed by atoms with Crippen LogP contribution in [0.1, 0.15) is 12.8 Å². The van der Waals surface area contributed by atoms with Crippen LogP contribution < -0.4 is 0 Å². The quantitative estimate of drug-likeness (QED) is 0.914. The molecule has 1 aromatic rings. The minimum atomic E-state index is -3.39. The van der Waals surface area contributed by atoms with E-state index in [4.69, 9.17) is 5.11 Å². The number of rotatable bonds is 4. The van der Waals surface area contributed by atoms with Crippen molar-refractivity contribution < 1.29 is 13.5 Å². The van der Waals surface area contributed by atoms with Gasteiger partial charge in [0.2, 0.25) is 10.0 Å². The summed E-state index contributed by atoms with van der Waals surface area (Å²) < 4.78 is 27.0. The molecule has 4 nitrogen and oxygen atoms in total. The topological polar surface area (TPSA) is 57.6 Å². The molecule has 1 aromatic carbocycles. The molecule has 0 radical (unpaired) electrons. The lowest BCUT2D eigenvalue weighted by Crippen LogP contribution is -2.29. The van der Waals surface area contributed by atoms with E-state index >= 15 is 0 Å². The Balaban J connectivity index is 2.18. The highest BCUT2D eigenvalue weighted by atomic mass is 79.9. The summed E-state index contributed by atoms with van der Waals surface area (Å²) in [6, 6.07) is 6.75. The largest absolute Gasteiger partial charge is 0.396 e. The fraction of sp³-hybridized carbons (Fsp3) is 0.500. The van der Waals surface area contributed by atoms with Crippen LogP contribution >= 0.6 is 15.9 Å². The highest BCUT2D eigenvalue weighted by Gasteiger charge is 2.32. The zero-order valence-electron chi connectivity index (χ0n) is 9.92. The van der Waals surface area contributed by atoms with Gasteiger partial charge < -0.3 is 5.11 Å². The maximum absolute atomic E-state index is 12.4. The lowest BCUT2D eigenvalue weighted by molar-refractivity contribution is 0.259. The molecule has 1 fully saturated rings. The van der Waals surface area contributed by atoms with Crippen LogP contribution in [0.5, 0.6) is 0 Å². The molecular formula is C12H16BrNO3S. The van der Waals surface area contributed by atoms with Gasteiger partial charge in [-0.2, -0.15) is 4.31 Å². The van der Waals surface area contributed by atoms with E-state index in [0.717, 1.165) is 10.9 Å². The van der Waals surface area contributed by atoms with E-state index < -0.39 is 10.0 Å². The molecule has 18 heavy (non-hydrogen) atoms. The average Bonchev–Trinajstić information content (AvgIpc) is 2.79. The lowest BCUT2D eigenvalue weighted by atomic mass is 10.1. The Morgan fingerprint density at radius 1 is 1.44 bits per heavy atom. The van der Waals surface area contributed by atoms with Gasteiger partial charge in [0.1, 0.15) is 0 Å². The molecule has 0 saturated carbocycles. The van der Waals surface area contributed by atoms with Crippen LogP contribution in [0.15, 0.2) is 33.6 Å². The van der Waals surface area contributed by atoms with E-state index in [1.807, 2.05) is 0 Å². The number of hydrogen-bond donors (Lipinski definition) is 1. The normalized spacial score (nSPS) is 21.3. The predicted molar refractivity (Wildman–Crippen MR) is 72.7 cm³/mol. The third-order valence-electron chi connectivity index (χ3n) is 3.22. The van der Waals surface area contributed by atoms with Gasteiger partial charge in [0.05, 0.1) is 4.90 Å². The number of nitrogens with zero attached hydrogens (tertiary/aromatic N) is 1. The summed E-state index contributed by atoms with van der Waals surface area (Å²) in [5.41, 5.74) is 0. The van der Waals surface area contributed by atoms with E-state index in [-0.39, 0.29) is 12.5 Å². The molecular weight excluding hydrogens is 318 g/mol. The monoisotopic (exact) mass is 333 g/mol. The van der Waals surface area contributed by atoms with Crippen molar-refractivity contribution in [3.8, 4) is 0 Å². The second kappa shape index (κ2) is 5.69. The predicted octanol–water partition coefficient (Wildman–Crippen LogP) is 1.84.